The van der Waals surface area contributed by atoms with E-state index >= 15 is 0 Å². The average Bonchev–Trinajstić information content (AvgIpc) is 2.74. The lowest BCUT2D eigenvalue weighted by Crippen LogP contribution is -2.47. The van der Waals surface area contributed by atoms with Crippen molar-refractivity contribution in [3.05, 3.63) is 48.0 Å². The Balaban J connectivity index is 1.61. The van der Waals surface area contributed by atoms with E-state index in [-0.39, 0.29) is 11.7 Å². The van der Waals surface area contributed by atoms with Crippen molar-refractivity contribution >= 4 is 17.5 Å². The third-order valence-corrected chi connectivity index (χ3v) is 4.92. The second-order valence-electron chi connectivity index (χ2n) is 6.99. The number of piperazine rings is 1. The summed E-state index contributed by atoms with van der Waals surface area (Å²) < 4.78 is 14.0. The number of carbonyl (C=O) groups is 1. The predicted octanol–water partition coefficient (Wildman–Crippen LogP) is 3.20. The van der Waals surface area contributed by atoms with Crippen molar-refractivity contribution in [3.8, 4) is 0 Å². The Morgan fingerprint density at radius 3 is 2.14 bits per heavy atom. The highest BCUT2D eigenvalue weighted by atomic mass is 19.1. The maximum Gasteiger partial charge on any atom is 0.256 e. The van der Waals surface area contributed by atoms with Crippen molar-refractivity contribution < 1.29 is 9.18 Å². The van der Waals surface area contributed by atoms with Gasteiger partial charge in [0.25, 0.3) is 5.91 Å². The number of carbonyl (C=O) groups excluding carboxylic acids is 1. The summed E-state index contributed by atoms with van der Waals surface area (Å²) in [5, 5.41) is 0. The van der Waals surface area contributed by atoms with Gasteiger partial charge in [-0.05, 0) is 25.0 Å². The summed E-state index contributed by atoms with van der Waals surface area (Å²) in [7, 11) is 0. The van der Waals surface area contributed by atoms with E-state index in [9.17, 15) is 9.18 Å². The van der Waals surface area contributed by atoms with Gasteiger partial charge in [0.1, 0.15) is 5.82 Å². The zero-order valence-electron chi connectivity index (χ0n) is 16.6. The van der Waals surface area contributed by atoms with Gasteiger partial charge in [0.2, 0.25) is 5.95 Å². The van der Waals surface area contributed by atoms with Crippen LogP contribution in [0.3, 0.4) is 0 Å². The minimum Gasteiger partial charge on any atom is -0.366 e. The van der Waals surface area contributed by atoms with Gasteiger partial charge in [-0.1, -0.05) is 26.0 Å². The Labute approximate surface area is 166 Å². The van der Waals surface area contributed by atoms with Crippen LogP contribution in [0, 0.1) is 5.82 Å². The van der Waals surface area contributed by atoms with E-state index in [1.54, 1.807) is 24.5 Å². The molecule has 3 rings (SSSR count). The van der Waals surface area contributed by atoms with E-state index < -0.39 is 0 Å². The monoisotopic (exact) mass is 385 g/mol. The van der Waals surface area contributed by atoms with Crippen molar-refractivity contribution in [2.75, 3.05) is 49.1 Å². The second kappa shape index (κ2) is 9.48. The van der Waals surface area contributed by atoms with Gasteiger partial charge in [0, 0.05) is 51.7 Å². The van der Waals surface area contributed by atoms with E-state index in [2.05, 4.69) is 28.7 Å². The Bertz CT molecular complexity index is 769. The molecule has 1 fully saturated rings. The number of para-hydroxylation sites is 1. The van der Waals surface area contributed by atoms with E-state index in [0.717, 1.165) is 25.9 Å². The molecule has 1 amide bonds. The molecule has 0 N–H and O–H groups in total. The highest BCUT2D eigenvalue weighted by Crippen LogP contribution is 2.21. The van der Waals surface area contributed by atoms with Crippen LogP contribution in [0.2, 0.25) is 0 Å². The number of aromatic nitrogens is 2. The molecule has 0 saturated carbocycles. The highest BCUT2D eigenvalue weighted by molar-refractivity contribution is 5.93. The molecular formula is C21H28FN5O. The molecule has 0 unspecified atom stereocenters. The molecule has 0 aliphatic carbocycles. The molecule has 0 bridgehead atoms. The molecule has 0 atom stereocenters. The van der Waals surface area contributed by atoms with E-state index in [1.807, 2.05) is 15.9 Å². The normalized spacial score (nSPS) is 14.2. The van der Waals surface area contributed by atoms with Crippen molar-refractivity contribution in [1.82, 2.24) is 14.9 Å². The van der Waals surface area contributed by atoms with E-state index in [1.165, 1.54) is 6.07 Å². The first-order valence-corrected chi connectivity index (χ1v) is 9.99. The van der Waals surface area contributed by atoms with Crippen LogP contribution in [0.1, 0.15) is 37.0 Å². The van der Waals surface area contributed by atoms with Gasteiger partial charge < -0.3 is 14.7 Å². The van der Waals surface area contributed by atoms with Crippen molar-refractivity contribution in [2.24, 2.45) is 0 Å². The standard InChI is InChI=1S/C21H28FN5O/c1-3-9-26(10-4-2)20(28)17-15-23-21(24-16-17)27-13-11-25(12-14-27)19-8-6-5-7-18(19)22/h5-8,15-16H,3-4,9-14H2,1-2H3. The molecule has 28 heavy (non-hydrogen) atoms. The fourth-order valence-electron chi connectivity index (χ4n) is 3.49. The van der Waals surface area contributed by atoms with Crippen LogP contribution < -0.4 is 9.80 Å². The summed E-state index contributed by atoms with van der Waals surface area (Å²) in [6, 6.07) is 6.85. The number of nitrogens with zero attached hydrogens (tertiary/aromatic N) is 5. The van der Waals surface area contributed by atoms with Crippen LogP contribution in [0.25, 0.3) is 0 Å². The second-order valence-corrected chi connectivity index (χ2v) is 6.99. The minimum absolute atomic E-state index is 0.0142. The van der Waals surface area contributed by atoms with Crippen LogP contribution in [0.15, 0.2) is 36.7 Å². The molecule has 0 spiro atoms. The Morgan fingerprint density at radius 2 is 1.57 bits per heavy atom. The molecule has 2 aromatic rings. The zero-order valence-corrected chi connectivity index (χ0v) is 16.6. The first-order valence-electron chi connectivity index (χ1n) is 9.99. The summed E-state index contributed by atoms with van der Waals surface area (Å²) >= 11 is 0. The largest absolute Gasteiger partial charge is 0.366 e. The topological polar surface area (TPSA) is 52.6 Å². The maximum absolute atomic E-state index is 14.0. The Morgan fingerprint density at radius 1 is 1.00 bits per heavy atom. The van der Waals surface area contributed by atoms with Gasteiger partial charge in [-0.3, -0.25) is 4.79 Å². The molecule has 0 radical (unpaired) electrons. The summed E-state index contributed by atoms with van der Waals surface area (Å²) in [4.78, 5) is 27.4. The molecular weight excluding hydrogens is 357 g/mol. The van der Waals surface area contributed by atoms with Gasteiger partial charge in [-0.15, -0.1) is 0 Å². The van der Waals surface area contributed by atoms with Gasteiger partial charge in [-0.25, -0.2) is 14.4 Å². The lowest BCUT2D eigenvalue weighted by Gasteiger charge is -2.36. The zero-order chi connectivity index (χ0) is 19.9. The van der Waals surface area contributed by atoms with Gasteiger partial charge >= 0.3 is 0 Å². The molecule has 1 saturated heterocycles. The quantitative estimate of drug-likeness (QED) is 0.733. The molecule has 1 aromatic heterocycles. The average molecular weight is 385 g/mol. The first-order chi connectivity index (χ1) is 13.6. The molecule has 7 heteroatoms. The number of anilines is 2. The maximum atomic E-state index is 14.0. The summed E-state index contributed by atoms with van der Waals surface area (Å²) in [5.41, 5.74) is 1.16. The van der Waals surface area contributed by atoms with E-state index in [4.69, 9.17) is 0 Å². The summed E-state index contributed by atoms with van der Waals surface area (Å²) in [6.07, 6.45) is 5.09. The minimum atomic E-state index is -0.196. The molecule has 1 aliphatic rings. The van der Waals surface area contributed by atoms with Gasteiger partial charge in [0.05, 0.1) is 11.3 Å². The van der Waals surface area contributed by atoms with Crippen LogP contribution in [-0.4, -0.2) is 60.0 Å². The van der Waals surface area contributed by atoms with E-state index in [0.29, 0.717) is 43.4 Å². The summed E-state index contributed by atoms with van der Waals surface area (Å²) in [6.45, 7) is 8.43. The van der Waals surface area contributed by atoms with Crippen molar-refractivity contribution in [1.29, 1.82) is 0 Å². The van der Waals surface area contributed by atoms with Crippen molar-refractivity contribution in [2.45, 2.75) is 26.7 Å². The highest BCUT2D eigenvalue weighted by Gasteiger charge is 2.22. The first kappa shape index (κ1) is 20.0. The number of amides is 1. The molecule has 6 nitrogen and oxygen atoms in total. The van der Waals surface area contributed by atoms with Crippen molar-refractivity contribution in [3.63, 3.8) is 0 Å². The molecule has 2 heterocycles. The summed E-state index contributed by atoms with van der Waals surface area (Å²) in [5.74, 6) is 0.403. The third kappa shape index (κ3) is 4.58. The SMILES string of the molecule is CCCN(CCC)C(=O)c1cnc(N2CCN(c3ccccc3F)CC2)nc1. The van der Waals surface area contributed by atoms with Crippen LogP contribution in [-0.2, 0) is 0 Å². The Hall–Kier alpha value is -2.70. The van der Waals surface area contributed by atoms with Gasteiger partial charge in [-0.2, -0.15) is 0 Å². The Kier molecular flexibility index (Phi) is 6.79. The number of hydrogen-bond donors (Lipinski definition) is 0. The predicted molar refractivity (Wildman–Crippen MR) is 109 cm³/mol. The van der Waals surface area contributed by atoms with Crippen LogP contribution in [0.5, 0.6) is 0 Å². The molecule has 150 valence electrons. The van der Waals surface area contributed by atoms with Crippen LogP contribution >= 0.6 is 0 Å². The number of benzene rings is 1. The van der Waals surface area contributed by atoms with Gasteiger partial charge in [0.15, 0.2) is 0 Å². The molecule has 1 aromatic carbocycles. The number of rotatable bonds is 7. The number of hydrogen-bond acceptors (Lipinski definition) is 5. The lowest BCUT2D eigenvalue weighted by molar-refractivity contribution is 0.0754. The molecule has 1 aliphatic heterocycles. The fourth-order valence-corrected chi connectivity index (χ4v) is 3.49. The fraction of sp³-hybridized carbons (Fsp3) is 0.476. The number of halogens is 1. The van der Waals surface area contributed by atoms with Crippen LogP contribution in [0.4, 0.5) is 16.0 Å². The lowest BCUT2D eigenvalue weighted by atomic mass is 10.2. The third-order valence-electron chi connectivity index (χ3n) is 4.92. The smallest absolute Gasteiger partial charge is 0.256 e.